The third-order valence-electron chi connectivity index (χ3n) is 2.01. The van der Waals surface area contributed by atoms with Crippen molar-refractivity contribution in [2.75, 3.05) is 11.9 Å². The molecule has 1 aromatic carbocycles. The van der Waals surface area contributed by atoms with E-state index < -0.39 is 0 Å². The minimum absolute atomic E-state index is 0.293. The minimum Gasteiger partial charge on any atom is -0.338 e. The zero-order valence-electron chi connectivity index (χ0n) is 9.47. The van der Waals surface area contributed by atoms with E-state index in [-0.39, 0.29) is 6.03 Å². The van der Waals surface area contributed by atoms with Gasteiger partial charge in [0.1, 0.15) is 0 Å². The predicted molar refractivity (Wildman–Crippen MR) is 72.9 cm³/mol. The summed E-state index contributed by atoms with van der Waals surface area (Å²) in [6.07, 6.45) is 4.72. The molecule has 0 aliphatic rings. The summed E-state index contributed by atoms with van der Waals surface area (Å²) in [5.74, 6) is 0. The van der Waals surface area contributed by atoms with E-state index in [0.717, 1.165) is 6.42 Å². The molecule has 0 aliphatic carbocycles. The van der Waals surface area contributed by atoms with E-state index in [1.165, 1.54) is 0 Å². The zero-order chi connectivity index (χ0) is 12.7. The summed E-state index contributed by atoms with van der Waals surface area (Å²) in [7, 11) is 0. The topological polar surface area (TPSA) is 41.1 Å². The number of nitrogens with one attached hydrogen (secondary N) is 2. The molecule has 92 valence electrons. The molecule has 0 atom stereocenters. The van der Waals surface area contributed by atoms with E-state index in [1.807, 2.05) is 19.1 Å². The van der Waals surface area contributed by atoms with Gasteiger partial charge in [0.25, 0.3) is 0 Å². The average Bonchev–Trinajstić information content (AvgIpc) is 2.29. The maximum Gasteiger partial charge on any atom is 0.319 e. The highest BCUT2D eigenvalue weighted by atomic mass is 35.5. The van der Waals surface area contributed by atoms with E-state index in [1.54, 1.807) is 18.2 Å². The molecule has 0 saturated carbocycles. The number of amides is 2. The molecule has 3 nitrogen and oxygen atoms in total. The van der Waals surface area contributed by atoms with Crippen molar-refractivity contribution in [3.05, 3.63) is 40.4 Å². The van der Waals surface area contributed by atoms with Crippen LogP contribution in [0.15, 0.2) is 30.4 Å². The van der Waals surface area contributed by atoms with Crippen LogP contribution in [0.25, 0.3) is 0 Å². The Morgan fingerprint density at radius 2 is 2.18 bits per heavy atom. The average molecular weight is 273 g/mol. The lowest BCUT2D eigenvalue weighted by atomic mass is 10.3. The number of hydrogen-bond acceptors (Lipinski definition) is 1. The van der Waals surface area contributed by atoms with Crippen LogP contribution >= 0.6 is 23.2 Å². The molecule has 1 rings (SSSR count). The molecule has 0 fully saturated rings. The van der Waals surface area contributed by atoms with Crippen LogP contribution in [0.1, 0.15) is 13.3 Å². The third kappa shape index (κ3) is 5.11. The highest BCUT2D eigenvalue weighted by Crippen LogP contribution is 2.25. The Balaban J connectivity index is 2.47. The number of benzene rings is 1. The summed E-state index contributed by atoms with van der Waals surface area (Å²) in [4.78, 5) is 11.5. The standard InChI is InChI=1S/C12H14Cl2N2O/c1-2-3-4-7-15-12(17)16-11-8-9(13)5-6-10(11)14/h2-3,5-6,8H,4,7H2,1H3,(H2,15,16,17)/b3-2+. The smallest absolute Gasteiger partial charge is 0.319 e. The van der Waals surface area contributed by atoms with Gasteiger partial charge in [-0.05, 0) is 31.5 Å². The number of urea groups is 1. The van der Waals surface area contributed by atoms with Crippen molar-refractivity contribution >= 4 is 34.9 Å². The monoisotopic (exact) mass is 272 g/mol. The van der Waals surface area contributed by atoms with Gasteiger partial charge in [-0.15, -0.1) is 0 Å². The fourth-order valence-corrected chi connectivity index (χ4v) is 1.53. The summed E-state index contributed by atoms with van der Waals surface area (Å²) in [6, 6.07) is 4.62. The van der Waals surface area contributed by atoms with Crippen molar-refractivity contribution in [2.45, 2.75) is 13.3 Å². The van der Waals surface area contributed by atoms with Crippen LogP contribution in [0.2, 0.25) is 10.0 Å². The molecular formula is C12H14Cl2N2O. The van der Waals surface area contributed by atoms with E-state index in [2.05, 4.69) is 10.6 Å². The molecule has 0 bridgehead atoms. The van der Waals surface area contributed by atoms with Crippen LogP contribution < -0.4 is 10.6 Å². The molecule has 17 heavy (non-hydrogen) atoms. The molecule has 5 heteroatoms. The molecule has 0 aliphatic heterocycles. The number of carbonyl (C=O) groups excluding carboxylic acids is 1. The highest BCUT2D eigenvalue weighted by Gasteiger charge is 2.05. The molecule has 2 N–H and O–H groups in total. The number of halogens is 2. The fraction of sp³-hybridized carbons (Fsp3) is 0.250. The maximum atomic E-state index is 11.5. The summed E-state index contributed by atoms with van der Waals surface area (Å²) < 4.78 is 0. The molecule has 0 heterocycles. The highest BCUT2D eigenvalue weighted by molar-refractivity contribution is 6.35. The first-order valence-corrected chi connectivity index (χ1v) is 6.00. The number of allylic oxidation sites excluding steroid dienone is 1. The normalized spacial score (nSPS) is 10.5. The second-order valence-electron chi connectivity index (χ2n) is 3.36. The quantitative estimate of drug-likeness (QED) is 0.629. The Morgan fingerprint density at radius 1 is 1.41 bits per heavy atom. The van der Waals surface area contributed by atoms with E-state index in [4.69, 9.17) is 23.2 Å². The molecule has 2 amide bonds. The predicted octanol–water partition coefficient (Wildman–Crippen LogP) is 4.08. The van der Waals surface area contributed by atoms with Crippen LogP contribution in [0.5, 0.6) is 0 Å². The Labute approximate surface area is 111 Å². The summed E-state index contributed by atoms with van der Waals surface area (Å²) in [5.41, 5.74) is 0.503. The summed E-state index contributed by atoms with van der Waals surface area (Å²) >= 11 is 11.7. The van der Waals surface area contributed by atoms with Crippen LogP contribution in [0.3, 0.4) is 0 Å². The Kier molecular flexibility index (Phi) is 5.87. The van der Waals surface area contributed by atoms with Gasteiger partial charge < -0.3 is 10.6 Å². The van der Waals surface area contributed by atoms with E-state index in [9.17, 15) is 4.79 Å². The Hall–Kier alpha value is -1.19. The van der Waals surface area contributed by atoms with Crippen LogP contribution in [0.4, 0.5) is 10.5 Å². The molecular weight excluding hydrogens is 259 g/mol. The Bertz CT molecular complexity index is 419. The summed E-state index contributed by atoms with van der Waals surface area (Å²) in [6.45, 7) is 2.51. The second kappa shape index (κ2) is 7.20. The maximum absolute atomic E-state index is 11.5. The first-order valence-electron chi connectivity index (χ1n) is 5.24. The Morgan fingerprint density at radius 3 is 2.88 bits per heavy atom. The van der Waals surface area contributed by atoms with Gasteiger partial charge >= 0.3 is 6.03 Å². The lowest BCUT2D eigenvalue weighted by Crippen LogP contribution is -2.29. The van der Waals surface area contributed by atoms with Gasteiger partial charge in [0.05, 0.1) is 10.7 Å². The van der Waals surface area contributed by atoms with Crippen LogP contribution in [0, 0.1) is 0 Å². The lowest BCUT2D eigenvalue weighted by Gasteiger charge is -2.08. The molecule has 0 radical (unpaired) electrons. The van der Waals surface area contributed by atoms with E-state index in [0.29, 0.717) is 22.3 Å². The van der Waals surface area contributed by atoms with Crippen molar-refractivity contribution in [1.29, 1.82) is 0 Å². The van der Waals surface area contributed by atoms with E-state index >= 15 is 0 Å². The van der Waals surface area contributed by atoms with Crippen LogP contribution in [-0.2, 0) is 0 Å². The van der Waals surface area contributed by atoms with Gasteiger partial charge in [-0.1, -0.05) is 35.4 Å². The van der Waals surface area contributed by atoms with Gasteiger partial charge in [-0.25, -0.2) is 4.79 Å². The number of rotatable bonds is 4. The first-order chi connectivity index (χ1) is 8.13. The number of anilines is 1. The molecule has 0 aromatic heterocycles. The molecule has 0 unspecified atom stereocenters. The second-order valence-corrected chi connectivity index (χ2v) is 4.21. The summed E-state index contributed by atoms with van der Waals surface area (Å²) in [5, 5.41) is 6.33. The zero-order valence-corrected chi connectivity index (χ0v) is 11.0. The third-order valence-corrected chi connectivity index (χ3v) is 2.57. The lowest BCUT2D eigenvalue weighted by molar-refractivity contribution is 0.252. The largest absolute Gasteiger partial charge is 0.338 e. The number of hydrogen-bond donors (Lipinski definition) is 2. The fourth-order valence-electron chi connectivity index (χ4n) is 1.20. The SMILES string of the molecule is C/C=C/CCNC(=O)Nc1cc(Cl)ccc1Cl. The molecule has 1 aromatic rings. The van der Waals surface area contributed by atoms with Crippen molar-refractivity contribution < 1.29 is 4.79 Å². The molecule has 0 saturated heterocycles. The van der Waals surface area contributed by atoms with Crippen molar-refractivity contribution in [3.8, 4) is 0 Å². The number of carbonyl (C=O) groups is 1. The van der Waals surface area contributed by atoms with Gasteiger partial charge in [0.2, 0.25) is 0 Å². The van der Waals surface area contributed by atoms with Crippen molar-refractivity contribution in [3.63, 3.8) is 0 Å². The molecule has 0 spiro atoms. The van der Waals surface area contributed by atoms with Crippen LogP contribution in [-0.4, -0.2) is 12.6 Å². The minimum atomic E-state index is -0.293. The van der Waals surface area contributed by atoms with Gasteiger partial charge in [-0.3, -0.25) is 0 Å². The first kappa shape index (κ1) is 13.9. The van der Waals surface area contributed by atoms with Gasteiger partial charge in [0, 0.05) is 11.6 Å². The van der Waals surface area contributed by atoms with Crippen molar-refractivity contribution in [1.82, 2.24) is 5.32 Å². The van der Waals surface area contributed by atoms with Gasteiger partial charge in [-0.2, -0.15) is 0 Å². The van der Waals surface area contributed by atoms with Gasteiger partial charge in [0.15, 0.2) is 0 Å². The van der Waals surface area contributed by atoms with Crippen molar-refractivity contribution in [2.24, 2.45) is 0 Å².